The van der Waals surface area contributed by atoms with Crippen LogP contribution in [0.2, 0.25) is 0 Å². The summed E-state index contributed by atoms with van der Waals surface area (Å²) in [6.45, 7) is 3.32. The first-order valence-electron chi connectivity index (χ1n) is 9.23. The van der Waals surface area contributed by atoms with E-state index in [0.29, 0.717) is 42.9 Å². The molecular weight excluding hydrogens is 350 g/mol. The number of nitrogens with zero attached hydrogens (tertiary/aromatic N) is 2. The summed E-state index contributed by atoms with van der Waals surface area (Å²) in [4.78, 5) is 4.39. The van der Waals surface area contributed by atoms with Crippen LogP contribution in [0.3, 0.4) is 0 Å². The standard InChI is InChI=1S/C21H26F2N2O2/c1-27-19-7-6-17(21(23)12-19)13-24-9-10-25(18(15-24)8-11-26)14-16-4-2-3-5-20(16)22/h2-7,12,18,26H,8-11,13-15H2,1H3. The molecule has 1 saturated heterocycles. The molecule has 0 aromatic heterocycles. The summed E-state index contributed by atoms with van der Waals surface area (Å²) in [6, 6.07) is 11.8. The number of benzene rings is 2. The SMILES string of the molecule is COc1ccc(CN2CCN(Cc3ccccc3F)C(CCO)C2)c(F)c1. The fraction of sp³-hybridized carbons (Fsp3) is 0.429. The summed E-state index contributed by atoms with van der Waals surface area (Å²) in [5.74, 6) is 0.0222. The number of aliphatic hydroxyl groups is 1. The van der Waals surface area contributed by atoms with E-state index in [-0.39, 0.29) is 24.3 Å². The van der Waals surface area contributed by atoms with E-state index >= 15 is 0 Å². The Balaban J connectivity index is 1.66. The Morgan fingerprint density at radius 2 is 1.81 bits per heavy atom. The van der Waals surface area contributed by atoms with Gasteiger partial charge in [-0.1, -0.05) is 24.3 Å². The van der Waals surface area contributed by atoms with Crippen molar-refractivity contribution in [3.05, 3.63) is 65.2 Å². The van der Waals surface area contributed by atoms with E-state index in [1.54, 1.807) is 24.3 Å². The Hall–Kier alpha value is -2.02. The molecule has 2 aromatic rings. The molecule has 1 fully saturated rings. The molecule has 0 aliphatic carbocycles. The van der Waals surface area contributed by atoms with Gasteiger partial charge in [0.05, 0.1) is 7.11 Å². The Kier molecular flexibility index (Phi) is 6.77. The monoisotopic (exact) mass is 376 g/mol. The molecule has 1 aliphatic rings. The van der Waals surface area contributed by atoms with Crippen molar-refractivity contribution >= 4 is 0 Å². The predicted molar refractivity (Wildman–Crippen MR) is 101 cm³/mol. The Morgan fingerprint density at radius 1 is 1.04 bits per heavy atom. The molecular formula is C21H26F2N2O2. The lowest BCUT2D eigenvalue weighted by molar-refractivity contribution is 0.0488. The third-order valence-electron chi connectivity index (χ3n) is 5.14. The highest BCUT2D eigenvalue weighted by Crippen LogP contribution is 2.22. The average Bonchev–Trinajstić information content (AvgIpc) is 2.67. The summed E-state index contributed by atoms with van der Waals surface area (Å²) >= 11 is 0. The van der Waals surface area contributed by atoms with Crippen molar-refractivity contribution in [2.45, 2.75) is 25.6 Å². The lowest BCUT2D eigenvalue weighted by Crippen LogP contribution is -2.52. The van der Waals surface area contributed by atoms with E-state index in [1.165, 1.54) is 19.2 Å². The van der Waals surface area contributed by atoms with Crippen molar-refractivity contribution in [2.75, 3.05) is 33.4 Å². The van der Waals surface area contributed by atoms with Crippen LogP contribution < -0.4 is 4.74 Å². The van der Waals surface area contributed by atoms with Gasteiger partial charge in [-0.15, -0.1) is 0 Å². The fourth-order valence-electron chi connectivity index (χ4n) is 3.60. The molecule has 6 heteroatoms. The van der Waals surface area contributed by atoms with E-state index in [9.17, 15) is 13.9 Å². The first-order chi connectivity index (χ1) is 13.1. The van der Waals surface area contributed by atoms with Crippen LogP contribution in [-0.2, 0) is 13.1 Å². The maximum absolute atomic E-state index is 14.2. The van der Waals surface area contributed by atoms with Crippen molar-refractivity contribution in [1.29, 1.82) is 0 Å². The molecule has 0 bridgehead atoms. The Morgan fingerprint density at radius 3 is 2.52 bits per heavy atom. The molecule has 0 saturated carbocycles. The van der Waals surface area contributed by atoms with Gasteiger partial charge in [0.2, 0.25) is 0 Å². The summed E-state index contributed by atoms with van der Waals surface area (Å²) in [5.41, 5.74) is 1.29. The highest BCUT2D eigenvalue weighted by molar-refractivity contribution is 5.29. The van der Waals surface area contributed by atoms with E-state index < -0.39 is 0 Å². The molecule has 1 N–H and O–H groups in total. The maximum atomic E-state index is 14.2. The molecule has 146 valence electrons. The fourth-order valence-corrected chi connectivity index (χ4v) is 3.60. The molecule has 0 spiro atoms. The third-order valence-corrected chi connectivity index (χ3v) is 5.14. The minimum absolute atomic E-state index is 0.0726. The van der Waals surface area contributed by atoms with Crippen molar-refractivity contribution in [2.24, 2.45) is 0 Å². The second-order valence-electron chi connectivity index (χ2n) is 6.92. The van der Waals surface area contributed by atoms with E-state index in [2.05, 4.69) is 9.80 Å². The molecule has 2 aromatic carbocycles. The van der Waals surface area contributed by atoms with Crippen molar-refractivity contribution < 1.29 is 18.6 Å². The van der Waals surface area contributed by atoms with Gasteiger partial charge in [-0.3, -0.25) is 9.80 Å². The van der Waals surface area contributed by atoms with Gasteiger partial charge < -0.3 is 9.84 Å². The zero-order valence-corrected chi connectivity index (χ0v) is 15.6. The van der Waals surface area contributed by atoms with Crippen LogP contribution in [0.5, 0.6) is 5.75 Å². The molecule has 1 atom stereocenters. The van der Waals surface area contributed by atoms with E-state index in [0.717, 1.165) is 13.1 Å². The number of aliphatic hydroxyl groups excluding tert-OH is 1. The normalized spacial score (nSPS) is 18.6. The summed E-state index contributed by atoms with van der Waals surface area (Å²) in [7, 11) is 1.52. The number of ether oxygens (including phenoxy) is 1. The third kappa shape index (κ3) is 5.03. The van der Waals surface area contributed by atoms with Gasteiger partial charge in [-0.05, 0) is 18.6 Å². The summed E-state index contributed by atoms with van der Waals surface area (Å²) < 4.78 is 33.3. The summed E-state index contributed by atoms with van der Waals surface area (Å²) in [6.07, 6.45) is 0.607. The van der Waals surface area contributed by atoms with E-state index in [4.69, 9.17) is 4.74 Å². The summed E-state index contributed by atoms with van der Waals surface area (Å²) in [5, 5.41) is 9.44. The quantitative estimate of drug-likeness (QED) is 0.806. The molecule has 1 heterocycles. The maximum Gasteiger partial charge on any atom is 0.131 e. The van der Waals surface area contributed by atoms with Crippen LogP contribution in [-0.4, -0.2) is 54.3 Å². The first-order valence-corrected chi connectivity index (χ1v) is 9.23. The smallest absolute Gasteiger partial charge is 0.131 e. The van der Waals surface area contributed by atoms with Crippen LogP contribution in [0.1, 0.15) is 17.5 Å². The molecule has 4 nitrogen and oxygen atoms in total. The second kappa shape index (κ2) is 9.26. The average molecular weight is 376 g/mol. The molecule has 0 radical (unpaired) electrons. The highest BCUT2D eigenvalue weighted by Gasteiger charge is 2.27. The van der Waals surface area contributed by atoms with Crippen LogP contribution in [0, 0.1) is 11.6 Å². The Bertz CT molecular complexity index is 757. The topological polar surface area (TPSA) is 35.9 Å². The van der Waals surface area contributed by atoms with Gasteiger partial charge in [-0.25, -0.2) is 8.78 Å². The molecule has 27 heavy (non-hydrogen) atoms. The van der Waals surface area contributed by atoms with Crippen LogP contribution >= 0.6 is 0 Å². The van der Waals surface area contributed by atoms with Crippen molar-refractivity contribution in [3.63, 3.8) is 0 Å². The predicted octanol–water partition coefficient (Wildman–Crippen LogP) is 3.04. The van der Waals surface area contributed by atoms with Crippen molar-refractivity contribution in [3.8, 4) is 5.75 Å². The minimum Gasteiger partial charge on any atom is -0.497 e. The molecule has 1 unspecified atom stereocenters. The van der Waals surface area contributed by atoms with E-state index in [1.807, 2.05) is 6.07 Å². The lowest BCUT2D eigenvalue weighted by atomic mass is 10.1. The number of hydrogen-bond acceptors (Lipinski definition) is 4. The largest absolute Gasteiger partial charge is 0.497 e. The number of hydrogen-bond donors (Lipinski definition) is 1. The van der Waals surface area contributed by atoms with Crippen LogP contribution in [0.15, 0.2) is 42.5 Å². The molecule has 1 aliphatic heterocycles. The van der Waals surface area contributed by atoms with Crippen molar-refractivity contribution in [1.82, 2.24) is 9.80 Å². The zero-order chi connectivity index (χ0) is 19.2. The molecule has 3 rings (SSSR count). The number of halogens is 2. The van der Waals surface area contributed by atoms with Gasteiger partial charge in [-0.2, -0.15) is 0 Å². The zero-order valence-electron chi connectivity index (χ0n) is 15.6. The minimum atomic E-state index is -0.276. The van der Waals surface area contributed by atoms with Crippen LogP contribution in [0.25, 0.3) is 0 Å². The number of rotatable bonds is 7. The Labute approximate surface area is 159 Å². The van der Waals surface area contributed by atoms with Gasteiger partial charge in [0.15, 0.2) is 0 Å². The highest BCUT2D eigenvalue weighted by atomic mass is 19.1. The van der Waals surface area contributed by atoms with Crippen LogP contribution in [0.4, 0.5) is 8.78 Å². The molecule has 0 amide bonds. The number of piperazine rings is 1. The van der Waals surface area contributed by atoms with Gasteiger partial charge in [0.25, 0.3) is 0 Å². The van der Waals surface area contributed by atoms with Gasteiger partial charge in [0.1, 0.15) is 17.4 Å². The first kappa shape index (κ1) is 19.7. The lowest BCUT2D eigenvalue weighted by Gasteiger charge is -2.41. The number of methoxy groups -OCH3 is 1. The van der Waals surface area contributed by atoms with Gasteiger partial charge >= 0.3 is 0 Å². The van der Waals surface area contributed by atoms with Gasteiger partial charge in [0, 0.05) is 62.6 Å². The second-order valence-corrected chi connectivity index (χ2v) is 6.92.